The maximum absolute atomic E-state index is 13.0. The van der Waals surface area contributed by atoms with Gasteiger partial charge >= 0.3 is 5.69 Å². The molecule has 1 aromatic carbocycles. The van der Waals surface area contributed by atoms with E-state index in [2.05, 4.69) is 10.3 Å². The molecular formula is C24H27N5O3. The van der Waals surface area contributed by atoms with Gasteiger partial charge in [0.1, 0.15) is 5.69 Å². The van der Waals surface area contributed by atoms with E-state index in [1.807, 2.05) is 53.4 Å². The SMILES string of the molecule is Cc1c(N2CCC(C(=O)NCc3ccccn3)CC2)c(=O)n(C)c(=O)n1-c1ccccc1. The molecule has 1 aliphatic heterocycles. The van der Waals surface area contributed by atoms with Crippen molar-refractivity contribution < 1.29 is 4.79 Å². The standard InChI is InChI=1S/C24H27N5O3/c1-17-21(23(31)27(2)24(32)29(17)20-9-4-3-5-10-20)28-14-11-18(12-15-28)22(30)26-16-19-8-6-7-13-25-19/h3-10,13,18H,11-12,14-16H2,1-2H3,(H,26,30). The monoisotopic (exact) mass is 433 g/mol. The number of aromatic nitrogens is 3. The van der Waals surface area contributed by atoms with Gasteiger partial charge < -0.3 is 10.2 Å². The first-order valence-electron chi connectivity index (χ1n) is 10.8. The number of carbonyl (C=O) groups is 1. The van der Waals surface area contributed by atoms with E-state index in [1.54, 1.807) is 17.7 Å². The van der Waals surface area contributed by atoms with Gasteiger partial charge in [0, 0.05) is 32.3 Å². The number of nitrogens with zero attached hydrogens (tertiary/aromatic N) is 4. The number of pyridine rings is 1. The fourth-order valence-corrected chi connectivity index (χ4v) is 4.24. The summed E-state index contributed by atoms with van der Waals surface area (Å²) in [5, 5.41) is 2.96. The molecule has 1 fully saturated rings. The minimum atomic E-state index is -0.369. The van der Waals surface area contributed by atoms with Gasteiger partial charge in [-0.25, -0.2) is 4.79 Å². The highest BCUT2D eigenvalue weighted by molar-refractivity contribution is 5.79. The van der Waals surface area contributed by atoms with Gasteiger partial charge in [0.15, 0.2) is 0 Å². The molecule has 0 atom stereocenters. The summed E-state index contributed by atoms with van der Waals surface area (Å²) < 4.78 is 2.73. The lowest BCUT2D eigenvalue weighted by atomic mass is 9.95. The highest BCUT2D eigenvalue weighted by atomic mass is 16.2. The summed E-state index contributed by atoms with van der Waals surface area (Å²) >= 11 is 0. The van der Waals surface area contributed by atoms with Gasteiger partial charge in [-0.15, -0.1) is 0 Å². The molecular weight excluding hydrogens is 406 g/mol. The van der Waals surface area contributed by atoms with Crippen LogP contribution in [0.1, 0.15) is 24.2 Å². The second-order valence-corrected chi connectivity index (χ2v) is 8.05. The average Bonchev–Trinajstić information content (AvgIpc) is 2.83. The van der Waals surface area contributed by atoms with Crippen LogP contribution in [0.4, 0.5) is 5.69 Å². The molecule has 2 aromatic heterocycles. The molecule has 0 spiro atoms. The number of amides is 1. The number of piperidine rings is 1. The molecule has 1 amide bonds. The van der Waals surface area contributed by atoms with E-state index in [0.29, 0.717) is 43.9 Å². The Morgan fingerprint density at radius 1 is 1.06 bits per heavy atom. The minimum Gasteiger partial charge on any atom is -0.366 e. The van der Waals surface area contributed by atoms with Crippen LogP contribution in [0.3, 0.4) is 0 Å². The molecule has 0 saturated carbocycles. The van der Waals surface area contributed by atoms with Gasteiger partial charge in [0.05, 0.1) is 23.6 Å². The summed E-state index contributed by atoms with van der Waals surface area (Å²) in [6, 6.07) is 14.9. The van der Waals surface area contributed by atoms with Crippen LogP contribution >= 0.6 is 0 Å². The second-order valence-electron chi connectivity index (χ2n) is 8.05. The molecule has 0 radical (unpaired) electrons. The van der Waals surface area contributed by atoms with Crippen molar-refractivity contribution in [1.82, 2.24) is 19.4 Å². The van der Waals surface area contributed by atoms with E-state index < -0.39 is 0 Å². The number of rotatable bonds is 5. The third-order valence-electron chi connectivity index (χ3n) is 6.03. The summed E-state index contributed by atoms with van der Waals surface area (Å²) in [5.74, 6) is -0.103. The number of para-hydroxylation sites is 1. The molecule has 32 heavy (non-hydrogen) atoms. The highest BCUT2D eigenvalue weighted by Gasteiger charge is 2.28. The van der Waals surface area contributed by atoms with Gasteiger partial charge in [-0.05, 0) is 44.0 Å². The van der Waals surface area contributed by atoms with E-state index >= 15 is 0 Å². The van der Waals surface area contributed by atoms with Gasteiger partial charge in [0.2, 0.25) is 5.91 Å². The van der Waals surface area contributed by atoms with Crippen molar-refractivity contribution >= 4 is 11.6 Å². The summed E-state index contributed by atoms with van der Waals surface area (Å²) in [5.41, 5.74) is 1.99. The second kappa shape index (κ2) is 9.21. The van der Waals surface area contributed by atoms with Crippen LogP contribution in [-0.2, 0) is 18.4 Å². The van der Waals surface area contributed by atoms with Crippen LogP contribution in [0.15, 0.2) is 64.3 Å². The van der Waals surface area contributed by atoms with E-state index in [0.717, 1.165) is 15.9 Å². The lowest BCUT2D eigenvalue weighted by Crippen LogP contribution is -2.46. The lowest BCUT2D eigenvalue weighted by molar-refractivity contribution is -0.125. The predicted octanol–water partition coefficient (Wildman–Crippen LogP) is 1.77. The quantitative estimate of drug-likeness (QED) is 0.663. The van der Waals surface area contributed by atoms with Crippen molar-refractivity contribution in [3.8, 4) is 5.69 Å². The zero-order valence-corrected chi connectivity index (χ0v) is 18.3. The van der Waals surface area contributed by atoms with Crippen LogP contribution in [0, 0.1) is 12.8 Å². The molecule has 3 aromatic rings. The molecule has 4 rings (SSSR count). The third kappa shape index (κ3) is 4.21. The van der Waals surface area contributed by atoms with Crippen molar-refractivity contribution in [3.63, 3.8) is 0 Å². The van der Waals surface area contributed by atoms with Gasteiger partial charge in [-0.1, -0.05) is 24.3 Å². The number of carbonyl (C=O) groups excluding carboxylic acids is 1. The number of hydrogen-bond donors (Lipinski definition) is 1. The smallest absolute Gasteiger partial charge is 0.335 e. The minimum absolute atomic E-state index is 0.00850. The van der Waals surface area contributed by atoms with E-state index in [4.69, 9.17) is 0 Å². The third-order valence-corrected chi connectivity index (χ3v) is 6.03. The highest BCUT2D eigenvalue weighted by Crippen LogP contribution is 2.24. The zero-order valence-electron chi connectivity index (χ0n) is 18.3. The van der Waals surface area contributed by atoms with Crippen LogP contribution < -0.4 is 21.5 Å². The van der Waals surface area contributed by atoms with Gasteiger partial charge in [0.25, 0.3) is 5.56 Å². The lowest BCUT2D eigenvalue weighted by Gasteiger charge is -2.34. The molecule has 1 aliphatic rings. The Hall–Kier alpha value is -3.68. The molecule has 0 bridgehead atoms. The first-order valence-corrected chi connectivity index (χ1v) is 10.8. The Labute approximate surface area is 186 Å². The molecule has 3 heterocycles. The predicted molar refractivity (Wildman–Crippen MR) is 123 cm³/mol. The fraction of sp³-hybridized carbons (Fsp3) is 0.333. The summed E-state index contributed by atoms with van der Waals surface area (Å²) in [6.07, 6.45) is 2.99. The molecule has 166 valence electrons. The summed E-state index contributed by atoms with van der Waals surface area (Å²) in [4.78, 5) is 44.7. The van der Waals surface area contributed by atoms with Crippen molar-refractivity contribution in [2.75, 3.05) is 18.0 Å². The van der Waals surface area contributed by atoms with Crippen molar-refractivity contribution in [1.29, 1.82) is 0 Å². The molecule has 1 saturated heterocycles. The Morgan fingerprint density at radius 2 is 1.75 bits per heavy atom. The average molecular weight is 434 g/mol. The van der Waals surface area contributed by atoms with E-state index in [9.17, 15) is 14.4 Å². The maximum atomic E-state index is 13.0. The van der Waals surface area contributed by atoms with Crippen molar-refractivity contribution in [2.45, 2.75) is 26.3 Å². The number of hydrogen-bond acceptors (Lipinski definition) is 5. The van der Waals surface area contributed by atoms with E-state index in [1.165, 1.54) is 7.05 Å². The van der Waals surface area contributed by atoms with Crippen LogP contribution in [-0.4, -0.2) is 33.1 Å². The van der Waals surface area contributed by atoms with Crippen LogP contribution in [0.2, 0.25) is 0 Å². The van der Waals surface area contributed by atoms with E-state index in [-0.39, 0.29) is 23.1 Å². The molecule has 8 nitrogen and oxygen atoms in total. The van der Waals surface area contributed by atoms with Crippen LogP contribution in [0.5, 0.6) is 0 Å². The largest absolute Gasteiger partial charge is 0.366 e. The zero-order chi connectivity index (χ0) is 22.7. The first-order chi connectivity index (χ1) is 15.5. The van der Waals surface area contributed by atoms with Gasteiger partial charge in [-0.2, -0.15) is 0 Å². The number of anilines is 1. The van der Waals surface area contributed by atoms with Crippen molar-refractivity contribution in [2.24, 2.45) is 13.0 Å². The fourth-order valence-electron chi connectivity index (χ4n) is 4.24. The Bertz CT molecular complexity index is 1210. The van der Waals surface area contributed by atoms with Crippen molar-refractivity contribution in [3.05, 3.63) is 87.0 Å². The molecule has 1 N–H and O–H groups in total. The molecule has 8 heteroatoms. The van der Waals surface area contributed by atoms with Gasteiger partial charge in [-0.3, -0.25) is 23.7 Å². The molecule has 0 unspecified atom stereocenters. The normalized spacial score (nSPS) is 14.4. The Kier molecular flexibility index (Phi) is 6.20. The number of benzene rings is 1. The summed E-state index contributed by atoms with van der Waals surface area (Å²) in [6.45, 7) is 3.36. The maximum Gasteiger partial charge on any atom is 0.335 e. The molecule has 0 aliphatic carbocycles. The summed E-state index contributed by atoms with van der Waals surface area (Å²) in [7, 11) is 1.50. The Morgan fingerprint density at radius 3 is 2.41 bits per heavy atom. The Balaban J connectivity index is 1.51. The van der Waals surface area contributed by atoms with Crippen LogP contribution in [0.25, 0.3) is 5.69 Å². The first kappa shape index (κ1) is 21.5. The topological polar surface area (TPSA) is 89.2 Å². The number of nitrogens with one attached hydrogen (secondary N) is 1.